The molecule has 0 radical (unpaired) electrons. The Morgan fingerprint density at radius 2 is 1.54 bits per heavy atom. The number of unbranched alkanes of at least 4 members (excludes halogenated alkanes) is 10. The number of hydrogen-bond donors (Lipinski definition) is 1. The van der Waals surface area contributed by atoms with Gasteiger partial charge in [-0.1, -0.05) is 64.0 Å². The minimum absolute atomic E-state index is 0.279. The SMILES string of the molecule is CCCCCC/C=C/CCCCCCCCC1N=CC[N+]1(CC)CCO. The van der Waals surface area contributed by atoms with Crippen molar-refractivity contribution in [1.29, 1.82) is 0 Å². The van der Waals surface area contributed by atoms with E-state index < -0.39 is 0 Å². The van der Waals surface area contributed by atoms with Crippen LogP contribution in [0.15, 0.2) is 17.1 Å². The first kappa shape index (κ1) is 23.4. The van der Waals surface area contributed by atoms with Gasteiger partial charge in [0.1, 0.15) is 13.1 Å². The van der Waals surface area contributed by atoms with Gasteiger partial charge in [-0.25, -0.2) is 4.99 Å². The average molecular weight is 366 g/mol. The van der Waals surface area contributed by atoms with Crippen LogP contribution in [0.25, 0.3) is 0 Å². The zero-order chi connectivity index (χ0) is 18.9. The molecule has 3 nitrogen and oxygen atoms in total. The van der Waals surface area contributed by atoms with Crippen molar-refractivity contribution in [3.05, 3.63) is 12.2 Å². The number of quaternary nitrogens is 1. The van der Waals surface area contributed by atoms with Crippen molar-refractivity contribution >= 4 is 6.21 Å². The highest BCUT2D eigenvalue weighted by Gasteiger charge is 2.36. The van der Waals surface area contributed by atoms with Crippen LogP contribution in [-0.2, 0) is 0 Å². The largest absolute Gasteiger partial charge is 0.391 e. The van der Waals surface area contributed by atoms with Crippen LogP contribution in [0.4, 0.5) is 0 Å². The summed E-state index contributed by atoms with van der Waals surface area (Å²) in [5.41, 5.74) is 0. The highest BCUT2D eigenvalue weighted by molar-refractivity contribution is 5.60. The number of likely N-dealkylation sites (N-methyl/N-ethyl adjacent to an activating group) is 1. The van der Waals surface area contributed by atoms with Gasteiger partial charge in [-0.05, 0) is 39.0 Å². The minimum atomic E-state index is 0.279. The number of allylic oxidation sites excluding steroid dienone is 2. The van der Waals surface area contributed by atoms with Gasteiger partial charge >= 0.3 is 0 Å². The van der Waals surface area contributed by atoms with Crippen molar-refractivity contribution < 1.29 is 9.59 Å². The maximum Gasteiger partial charge on any atom is 0.182 e. The molecule has 0 amide bonds. The van der Waals surface area contributed by atoms with E-state index in [-0.39, 0.29) is 6.61 Å². The molecule has 0 bridgehead atoms. The fourth-order valence-electron chi connectivity index (χ4n) is 4.10. The Balaban J connectivity index is 1.95. The fraction of sp³-hybridized carbons (Fsp3) is 0.870. The topological polar surface area (TPSA) is 32.6 Å². The lowest BCUT2D eigenvalue weighted by atomic mass is 10.1. The second-order valence-electron chi connectivity index (χ2n) is 8.00. The van der Waals surface area contributed by atoms with Crippen molar-refractivity contribution in [2.75, 3.05) is 26.2 Å². The Morgan fingerprint density at radius 3 is 2.15 bits per heavy atom. The molecule has 0 fully saturated rings. The summed E-state index contributed by atoms with van der Waals surface area (Å²) in [6.45, 7) is 7.73. The van der Waals surface area contributed by atoms with E-state index in [4.69, 9.17) is 4.99 Å². The molecule has 0 aromatic rings. The molecular weight excluding hydrogens is 320 g/mol. The first-order valence-electron chi connectivity index (χ1n) is 11.4. The molecule has 152 valence electrons. The van der Waals surface area contributed by atoms with Crippen LogP contribution in [0.1, 0.15) is 97.3 Å². The molecule has 0 aromatic carbocycles. The van der Waals surface area contributed by atoms with E-state index in [0.717, 1.165) is 24.1 Å². The molecule has 2 atom stereocenters. The zero-order valence-corrected chi connectivity index (χ0v) is 17.7. The van der Waals surface area contributed by atoms with Crippen LogP contribution in [0.2, 0.25) is 0 Å². The third kappa shape index (κ3) is 9.32. The van der Waals surface area contributed by atoms with Crippen LogP contribution in [0.5, 0.6) is 0 Å². The molecule has 1 aliphatic rings. The summed E-state index contributed by atoms with van der Waals surface area (Å²) >= 11 is 0. The Labute approximate surface area is 163 Å². The van der Waals surface area contributed by atoms with E-state index in [1.165, 1.54) is 83.5 Å². The third-order valence-corrected chi connectivity index (χ3v) is 6.00. The normalized spacial score (nSPS) is 22.7. The van der Waals surface area contributed by atoms with Gasteiger partial charge in [-0.3, -0.25) is 4.48 Å². The number of hydrogen-bond acceptors (Lipinski definition) is 2. The first-order chi connectivity index (χ1) is 12.8. The molecule has 26 heavy (non-hydrogen) atoms. The van der Waals surface area contributed by atoms with E-state index in [2.05, 4.69) is 32.2 Å². The van der Waals surface area contributed by atoms with Crippen LogP contribution in [0.3, 0.4) is 0 Å². The highest BCUT2D eigenvalue weighted by atomic mass is 16.3. The quantitative estimate of drug-likeness (QED) is 0.195. The summed E-state index contributed by atoms with van der Waals surface area (Å²) < 4.78 is 0.973. The number of rotatable bonds is 17. The summed E-state index contributed by atoms with van der Waals surface area (Å²) in [6.07, 6.45) is 24.6. The molecule has 0 saturated carbocycles. The summed E-state index contributed by atoms with van der Waals surface area (Å²) in [7, 11) is 0. The van der Waals surface area contributed by atoms with Gasteiger partial charge in [-0.15, -0.1) is 0 Å². The van der Waals surface area contributed by atoms with E-state index in [1.807, 2.05) is 0 Å². The first-order valence-corrected chi connectivity index (χ1v) is 11.4. The zero-order valence-electron chi connectivity index (χ0n) is 17.7. The molecule has 1 heterocycles. The van der Waals surface area contributed by atoms with Gasteiger partial charge in [-0.2, -0.15) is 0 Å². The Bertz CT molecular complexity index is 380. The van der Waals surface area contributed by atoms with Crippen LogP contribution in [-0.4, -0.2) is 48.2 Å². The van der Waals surface area contributed by atoms with Crippen molar-refractivity contribution in [2.24, 2.45) is 4.99 Å². The molecule has 0 spiro atoms. The molecule has 0 saturated heterocycles. The summed E-state index contributed by atoms with van der Waals surface area (Å²) in [4.78, 5) is 4.71. The monoisotopic (exact) mass is 365 g/mol. The molecule has 1 N–H and O–H groups in total. The predicted molar refractivity (Wildman–Crippen MR) is 115 cm³/mol. The fourth-order valence-corrected chi connectivity index (χ4v) is 4.10. The lowest BCUT2D eigenvalue weighted by Crippen LogP contribution is -2.53. The smallest absolute Gasteiger partial charge is 0.182 e. The van der Waals surface area contributed by atoms with E-state index in [9.17, 15) is 5.11 Å². The lowest BCUT2D eigenvalue weighted by Gasteiger charge is -2.37. The Hall–Kier alpha value is -0.670. The van der Waals surface area contributed by atoms with Gasteiger partial charge in [0.25, 0.3) is 0 Å². The summed E-state index contributed by atoms with van der Waals surface area (Å²) in [6, 6.07) is 0. The lowest BCUT2D eigenvalue weighted by molar-refractivity contribution is -0.936. The van der Waals surface area contributed by atoms with Crippen molar-refractivity contribution in [2.45, 2.75) is 103 Å². The summed E-state index contributed by atoms with van der Waals surface area (Å²) in [5.74, 6) is 0. The molecule has 0 aromatic heterocycles. The molecule has 0 aliphatic carbocycles. The minimum Gasteiger partial charge on any atom is -0.391 e. The summed E-state index contributed by atoms with van der Waals surface area (Å²) in [5, 5.41) is 9.36. The Morgan fingerprint density at radius 1 is 0.923 bits per heavy atom. The number of aliphatic hydroxyl groups is 1. The second kappa shape index (κ2) is 15.4. The van der Waals surface area contributed by atoms with Gasteiger partial charge < -0.3 is 5.11 Å². The number of nitrogens with zero attached hydrogens (tertiary/aromatic N) is 2. The van der Waals surface area contributed by atoms with Gasteiger partial charge in [0.05, 0.1) is 19.4 Å². The van der Waals surface area contributed by atoms with Gasteiger partial charge in [0, 0.05) is 6.42 Å². The van der Waals surface area contributed by atoms with Gasteiger partial charge in [0.2, 0.25) is 0 Å². The van der Waals surface area contributed by atoms with Crippen LogP contribution < -0.4 is 0 Å². The standard InChI is InChI=1S/C23H45N2O/c1-3-5-6-7-8-9-10-11-12-13-14-15-16-17-18-23-24-19-20-25(23,4-2)21-22-26/h9-10,19,23,26H,3-8,11-18,20-22H2,1-2H3/q+1/b10-9+. The maximum absolute atomic E-state index is 9.36. The molecule has 2 unspecified atom stereocenters. The van der Waals surface area contributed by atoms with Crippen molar-refractivity contribution in [3.8, 4) is 0 Å². The number of aliphatic hydroxyl groups excluding tert-OH is 1. The highest BCUT2D eigenvalue weighted by Crippen LogP contribution is 2.24. The molecule has 1 rings (SSSR count). The predicted octanol–water partition coefficient (Wildman–Crippen LogP) is 5.87. The van der Waals surface area contributed by atoms with E-state index >= 15 is 0 Å². The van der Waals surface area contributed by atoms with E-state index in [1.54, 1.807) is 0 Å². The number of aliphatic imine (C=N–C) groups is 1. The van der Waals surface area contributed by atoms with E-state index in [0.29, 0.717) is 6.17 Å². The molecule has 1 aliphatic heterocycles. The van der Waals surface area contributed by atoms with Crippen LogP contribution in [0, 0.1) is 0 Å². The molecule has 3 heteroatoms. The van der Waals surface area contributed by atoms with Crippen molar-refractivity contribution in [3.63, 3.8) is 0 Å². The third-order valence-electron chi connectivity index (χ3n) is 6.00. The molecular formula is C23H45N2O+. The maximum atomic E-state index is 9.36. The van der Waals surface area contributed by atoms with Crippen molar-refractivity contribution in [1.82, 2.24) is 0 Å². The Kier molecular flexibility index (Phi) is 13.8. The average Bonchev–Trinajstić information content (AvgIpc) is 3.05. The van der Waals surface area contributed by atoms with Gasteiger partial charge in [0.15, 0.2) is 6.17 Å². The van der Waals surface area contributed by atoms with Crippen LogP contribution >= 0.6 is 0 Å². The second-order valence-corrected chi connectivity index (χ2v) is 8.00.